The summed E-state index contributed by atoms with van der Waals surface area (Å²) < 4.78 is 28.3. The Bertz CT molecular complexity index is 1060. The number of nitrogens with zero attached hydrogens (tertiary/aromatic N) is 1. The highest BCUT2D eigenvalue weighted by atomic mass is 35.5. The quantitative estimate of drug-likeness (QED) is 0.699. The third-order valence-corrected chi connectivity index (χ3v) is 6.36. The molecular weight excluding hydrogens is 382 g/mol. The molecular formula is C20H20ClN3O2S. The number of rotatable bonds is 4. The fourth-order valence-electron chi connectivity index (χ4n) is 3.37. The second-order valence-corrected chi connectivity index (χ2v) is 8.59. The van der Waals surface area contributed by atoms with Crippen molar-refractivity contribution in [3.05, 3.63) is 65.7 Å². The average molecular weight is 402 g/mol. The number of fused-ring (bicyclic) bond motifs is 1. The van der Waals surface area contributed by atoms with Crippen LogP contribution in [0.4, 0.5) is 11.4 Å². The van der Waals surface area contributed by atoms with Crippen LogP contribution >= 0.6 is 11.6 Å². The zero-order valence-electron chi connectivity index (χ0n) is 14.7. The maximum Gasteiger partial charge on any atom is 0.261 e. The van der Waals surface area contributed by atoms with Crippen LogP contribution in [-0.4, -0.2) is 34.6 Å². The number of nitrogens with one attached hydrogen (secondary N) is 2. The number of benzene rings is 3. The molecule has 3 aromatic rings. The lowest BCUT2D eigenvalue weighted by molar-refractivity contribution is 0.590. The maximum atomic E-state index is 12.8. The standard InChI is InChI=1S/C20H20ClN3O2S/c21-15-5-7-16(8-6-15)27(25,26)23-19-9-10-20(24-13-11-22-12-14-24)18-4-2-1-3-17(18)19/h1-10,22-23H,11-14H2. The van der Waals surface area contributed by atoms with Crippen LogP contribution in [0.15, 0.2) is 65.6 Å². The molecule has 140 valence electrons. The first-order valence-electron chi connectivity index (χ1n) is 8.80. The zero-order valence-corrected chi connectivity index (χ0v) is 16.2. The number of piperazine rings is 1. The molecule has 3 aromatic carbocycles. The Kier molecular flexibility index (Phi) is 4.95. The van der Waals surface area contributed by atoms with Crippen LogP contribution in [0, 0.1) is 0 Å². The van der Waals surface area contributed by atoms with Crippen molar-refractivity contribution in [3.8, 4) is 0 Å². The first-order valence-corrected chi connectivity index (χ1v) is 10.7. The van der Waals surface area contributed by atoms with Crippen LogP contribution in [0.2, 0.25) is 5.02 Å². The van der Waals surface area contributed by atoms with Gasteiger partial charge in [0.05, 0.1) is 10.6 Å². The Morgan fingerprint density at radius 3 is 2.26 bits per heavy atom. The smallest absolute Gasteiger partial charge is 0.261 e. The van der Waals surface area contributed by atoms with Crippen LogP contribution < -0.4 is 14.9 Å². The van der Waals surface area contributed by atoms with Crippen molar-refractivity contribution >= 4 is 43.8 Å². The van der Waals surface area contributed by atoms with E-state index in [1.54, 1.807) is 12.1 Å². The Hall–Kier alpha value is -2.28. The van der Waals surface area contributed by atoms with E-state index in [9.17, 15) is 8.42 Å². The highest BCUT2D eigenvalue weighted by molar-refractivity contribution is 7.92. The van der Waals surface area contributed by atoms with E-state index in [0.29, 0.717) is 10.7 Å². The molecule has 2 N–H and O–H groups in total. The first-order chi connectivity index (χ1) is 13.0. The molecule has 0 aromatic heterocycles. The summed E-state index contributed by atoms with van der Waals surface area (Å²) in [6, 6.07) is 17.9. The van der Waals surface area contributed by atoms with Gasteiger partial charge in [0, 0.05) is 47.7 Å². The lowest BCUT2D eigenvalue weighted by Crippen LogP contribution is -2.43. The van der Waals surface area contributed by atoms with Gasteiger partial charge in [-0.25, -0.2) is 8.42 Å². The van der Waals surface area contributed by atoms with Crippen molar-refractivity contribution in [2.45, 2.75) is 4.90 Å². The molecule has 0 unspecified atom stereocenters. The minimum Gasteiger partial charge on any atom is -0.368 e. The molecule has 4 rings (SSSR count). The molecule has 1 fully saturated rings. The Morgan fingerprint density at radius 1 is 0.889 bits per heavy atom. The van der Waals surface area contributed by atoms with E-state index in [-0.39, 0.29) is 4.90 Å². The van der Waals surface area contributed by atoms with E-state index >= 15 is 0 Å². The van der Waals surface area contributed by atoms with Crippen molar-refractivity contribution in [1.29, 1.82) is 0 Å². The summed E-state index contributed by atoms with van der Waals surface area (Å²) in [5.74, 6) is 0. The van der Waals surface area contributed by atoms with Crippen LogP contribution in [0.3, 0.4) is 0 Å². The fourth-order valence-corrected chi connectivity index (χ4v) is 4.58. The third-order valence-electron chi connectivity index (χ3n) is 4.73. The normalized spacial score (nSPS) is 15.1. The lowest BCUT2D eigenvalue weighted by Gasteiger charge is -2.30. The SMILES string of the molecule is O=S(=O)(Nc1ccc(N2CCNCC2)c2ccccc12)c1ccc(Cl)cc1. The molecule has 0 aliphatic carbocycles. The number of hydrogen-bond acceptors (Lipinski definition) is 4. The predicted octanol–water partition coefficient (Wildman–Crippen LogP) is 3.70. The van der Waals surface area contributed by atoms with E-state index < -0.39 is 10.0 Å². The Labute approximate surface area is 164 Å². The maximum absolute atomic E-state index is 12.8. The average Bonchev–Trinajstić information content (AvgIpc) is 2.69. The molecule has 0 radical (unpaired) electrons. The molecule has 5 nitrogen and oxygen atoms in total. The van der Waals surface area contributed by atoms with Crippen molar-refractivity contribution in [1.82, 2.24) is 5.32 Å². The van der Waals surface area contributed by atoms with E-state index in [0.717, 1.165) is 42.6 Å². The van der Waals surface area contributed by atoms with Gasteiger partial charge in [-0.15, -0.1) is 0 Å². The van der Waals surface area contributed by atoms with Crippen LogP contribution in [0.5, 0.6) is 0 Å². The number of anilines is 2. The van der Waals surface area contributed by atoms with E-state index in [1.165, 1.54) is 12.1 Å². The van der Waals surface area contributed by atoms with Crippen molar-refractivity contribution in [2.24, 2.45) is 0 Å². The monoisotopic (exact) mass is 401 g/mol. The van der Waals surface area contributed by atoms with Gasteiger partial charge >= 0.3 is 0 Å². The van der Waals surface area contributed by atoms with Crippen LogP contribution in [0.1, 0.15) is 0 Å². The highest BCUT2D eigenvalue weighted by Crippen LogP contribution is 2.33. The van der Waals surface area contributed by atoms with Crippen LogP contribution in [0.25, 0.3) is 10.8 Å². The van der Waals surface area contributed by atoms with Gasteiger partial charge in [0.2, 0.25) is 0 Å². The predicted molar refractivity (Wildman–Crippen MR) is 111 cm³/mol. The van der Waals surface area contributed by atoms with E-state index in [2.05, 4.69) is 14.9 Å². The zero-order chi connectivity index (χ0) is 18.9. The lowest BCUT2D eigenvalue weighted by atomic mass is 10.1. The number of hydrogen-bond donors (Lipinski definition) is 2. The Balaban J connectivity index is 1.73. The minimum absolute atomic E-state index is 0.183. The molecule has 27 heavy (non-hydrogen) atoms. The van der Waals surface area contributed by atoms with Gasteiger partial charge in [-0.05, 0) is 36.4 Å². The summed E-state index contributed by atoms with van der Waals surface area (Å²) in [5, 5.41) is 5.77. The van der Waals surface area contributed by atoms with Gasteiger partial charge in [-0.2, -0.15) is 0 Å². The van der Waals surface area contributed by atoms with Crippen molar-refractivity contribution in [2.75, 3.05) is 35.8 Å². The molecule has 1 saturated heterocycles. The molecule has 0 bridgehead atoms. The first kappa shape index (κ1) is 18.1. The van der Waals surface area contributed by atoms with Crippen molar-refractivity contribution < 1.29 is 8.42 Å². The molecule has 0 spiro atoms. The second-order valence-electron chi connectivity index (χ2n) is 6.47. The molecule has 1 heterocycles. The van der Waals surface area contributed by atoms with Gasteiger partial charge in [0.25, 0.3) is 10.0 Å². The topological polar surface area (TPSA) is 61.4 Å². The van der Waals surface area contributed by atoms with Gasteiger partial charge in [-0.1, -0.05) is 35.9 Å². The molecule has 7 heteroatoms. The largest absolute Gasteiger partial charge is 0.368 e. The minimum atomic E-state index is -3.69. The van der Waals surface area contributed by atoms with Gasteiger partial charge in [0.1, 0.15) is 0 Å². The molecule has 0 saturated carbocycles. The van der Waals surface area contributed by atoms with Crippen LogP contribution in [-0.2, 0) is 10.0 Å². The summed E-state index contributed by atoms with van der Waals surface area (Å²) in [6.07, 6.45) is 0. The molecule has 1 aliphatic heterocycles. The third kappa shape index (κ3) is 3.74. The fraction of sp³-hybridized carbons (Fsp3) is 0.200. The van der Waals surface area contributed by atoms with Crippen molar-refractivity contribution in [3.63, 3.8) is 0 Å². The second kappa shape index (κ2) is 7.38. The summed E-state index contributed by atoms with van der Waals surface area (Å²) in [6.45, 7) is 3.75. The molecule has 0 atom stereocenters. The van der Waals surface area contributed by atoms with Gasteiger partial charge < -0.3 is 10.2 Å². The summed E-state index contributed by atoms with van der Waals surface area (Å²) in [4.78, 5) is 2.51. The van der Waals surface area contributed by atoms with E-state index in [1.807, 2.05) is 36.4 Å². The van der Waals surface area contributed by atoms with Gasteiger partial charge in [0.15, 0.2) is 0 Å². The number of sulfonamides is 1. The highest BCUT2D eigenvalue weighted by Gasteiger charge is 2.18. The van der Waals surface area contributed by atoms with Gasteiger partial charge in [-0.3, -0.25) is 4.72 Å². The van der Waals surface area contributed by atoms with E-state index in [4.69, 9.17) is 11.6 Å². The molecule has 1 aliphatic rings. The summed E-state index contributed by atoms with van der Waals surface area (Å²) in [7, 11) is -3.69. The molecule has 0 amide bonds. The Morgan fingerprint density at radius 2 is 1.56 bits per heavy atom. The summed E-state index contributed by atoms with van der Waals surface area (Å²) in [5.41, 5.74) is 1.70. The summed E-state index contributed by atoms with van der Waals surface area (Å²) >= 11 is 5.87. The number of halogens is 1.